The zero-order valence-corrected chi connectivity index (χ0v) is 85.7. The predicted molar refractivity (Wildman–Crippen MR) is 526 cm³/mol. The standard InChI is InChI=1S/C26H24ClF2NO5S2.C26H26ClF2NO4S.C26H26ClF2NO3S2.C25H26ClF2N3O3S/c1-34-25(31)24-15(9-11-36-24)13-30-18-8-10-26(37(32,33)19-4-2-17(27)3-5-19)16(12-18)14-35-23-21(29)7-6-20(28)22(23)26;1-15-11-17(16(2)34-15)13-30-20-9-10-26(35(31,32)21-5-3-19(27)4-6-21)18(12-20)14-33-25-23(29)8-7-22(28)24(25)26;1-2-23-16(10-12-34-23)14-30-19-9-11-26(35(31,32)20-5-3-18(27)4-6-20)17(13-19)15-33-25-22(29)8-7-21(28)24(25)26;1-15-30-19(13-31(15)2)12-29-18-9-10-25(35(32,33)20-5-3-17(26)4-6-20)16(11-18)14-34-24-22(28)8-7-21(27)23(24)25/h2-7,9,11,16,18,30H,8,10,12-14H2,1H3;3-8,11,18,20,30H,9-10,12-14H2,1-2H3;3-8,10,12,17,19,30H,2,9,11,13-15H2,1H3;3-8,13,16,18,29H,9-12,14H2,1-2H3/t16-,18-,26+;18-,20-,26+;17-,19-,26+;16-,18-,25+/m1111/s1. The second-order valence-electron chi connectivity index (χ2n) is 37.1. The first-order valence-electron chi connectivity index (χ1n) is 46.4. The Morgan fingerprint density at radius 3 is 1.01 bits per heavy atom. The van der Waals surface area contributed by atoms with E-state index in [2.05, 4.69) is 44.6 Å². The molecule has 0 unspecified atom stereocenters. The summed E-state index contributed by atoms with van der Waals surface area (Å²) in [6.07, 6.45) is 6.85. The summed E-state index contributed by atoms with van der Waals surface area (Å²) < 4.78 is 262. The lowest BCUT2D eigenvalue weighted by molar-refractivity contribution is 0.0604. The van der Waals surface area contributed by atoms with Crippen molar-refractivity contribution in [2.24, 2.45) is 30.7 Å². The van der Waals surface area contributed by atoms with Crippen LogP contribution in [0.5, 0.6) is 23.0 Å². The van der Waals surface area contributed by atoms with E-state index >= 15 is 17.6 Å². The third-order valence-corrected chi connectivity index (χ3v) is 42.7. The molecule has 12 atom stereocenters. The Bertz CT molecular complexity index is 7220. The minimum Gasteiger partial charge on any atom is -0.490 e. The first-order valence-corrected chi connectivity index (χ1v) is 55.6. The van der Waals surface area contributed by atoms with Crippen molar-refractivity contribution in [3.63, 3.8) is 0 Å². The topological polar surface area (TPSA) is 279 Å². The van der Waals surface area contributed by atoms with Gasteiger partial charge in [-0.25, -0.2) is 78.6 Å². The Balaban J connectivity index is 0.000000130. The lowest BCUT2D eigenvalue weighted by Crippen LogP contribution is -2.55. The van der Waals surface area contributed by atoms with Gasteiger partial charge < -0.3 is 53.9 Å². The van der Waals surface area contributed by atoms with Gasteiger partial charge in [0.05, 0.1) is 81.1 Å². The van der Waals surface area contributed by atoms with E-state index in [1.807, 2.05) is 50.7 Å². The summed E-state index contributed by atoms with van der Waals surface area (Å²) in [6.45, 7) is 9.85. The number of carbonyl (C=O) groups excluding carboxylic acids is 1. The van der Waals surface area contributed by atoms with Crippen LogP contribution >= 0.6 is 69.1 Å². The van der Waals surface area contributed by atoms with Gasteiger partial charge in [0, 0.05) is 118 Å². The van der Waals surface area contributed by atoms with Crippen LogP contribution in [-0.2, 0) is 103 Å². The smallest absolute Gasteiger partial charge is 0.348 e. The van der Waals surface area contributed by atoms with E-state index in [9.17, 15) is 56.0 Å². The maximum atomic E-state index is 15.4. The number of thiophene rings is 2. The number of furan rings is 1. The number of hydrogen-bond donors (Lipinski definition) is 4. The fourth-order valence-corrected chi connectivity index (χ4v) is 33.9. The molecule has 4 aliphatic carbocycles. The lowest BCUT2D eigenvalue weighted by atomic mass is 9.71. The molecule has 8 aromatic carbocycles. The fraction of sp³-hybridized carbons (Fsp3) is 0.379. The molecule has 39 heteroatoms. The number of methoxy groups -OCH3 is 1. The van der Waals surface area contributed by atoms with E-state index in [1.165, 1.54) is 126 Å². The van der Waals surface area contributed by atoms with Gasteiger partial charge in [0.15, 0.2) is 85.6 Å². The molecule has 8 heterocycles. The van der Waals surface area contributed by atoms with E-state index in [4.69, 9.17) is 74.5 Å². The SMILES string of the molecule is CCc1sccc1CN[C@@H]1CC[C@@]2(S(=O)(=O)c3ccc(Cl)cc3)c3c(F)ccc(F)c3OC[C@H]2C1.COC(=O)c1sccc1CN[C@@H]1CC[C@@]2(S(=O)(=O)c3ccc(Cl)cc3)c3c(F)ccc(F)c3OC[C@H]2C1.Cc1cc(CN[C@@H]2CC[C@@]3(S(=O)(=O)c4ccc(Cl)cc4)c4c(F)ccc(F)c4OC[C@H]3C2)c(C)o1.Cc1nc(CN[C@@H]2CC[C@@]3(S(=O)(=O)c4ccc(Cl)cc4)c4c(F)ccc(F)c4OC[C@H]3C2)cn1C. The Labute approximate surface area is 846 Å². The molecule has 20 rings (SSSR count). The van der Waals surface area contributed by atoms with Crippen LogP contribution in [0.2, 0.25) is 20.1 Å². The fourth-order valence-electron chi connectivity index (χ4n) is 22.3. The minimum absolute atomic E-state index is 0.00294. The zero-order valence-electron chi connectivity index (χ0n) is 77.8. The highest BCUT2D eigenvalue weighted by molar-refractivity contribution is 7.93. The van der Waals surface area contributed by atoms with Gasteiger partial charge in [-0.1, -0.05) is 53.3 Å². The van der Waals surface area contributed by atoms with Crippen molar-refractivity contribution in [3.05, 3.63) is 319 Å². The van der Waals surface area contributed by atoms with Crippen LogP contribution in [0, 0.1) is 91.0 Å². The Morgan fingerprint density at radius 1 is 0.423 bits per heavy atom. The molecule has 4 aliphatic heterocycles. The van der Waals surface area contributed by atoms with Gasteiger partial charge in [-0.3, -0.25) is 0 Å². The molecule has 21 nitrogen and oxygen atoms in total. The number of halogens is 12. The Morgan fingerprint density at radius 2 is 0.718 bits per heavy atom. The summed E-state index contributed by atoms with van der Waals surface area (Å²) in [5.74, 6) is -7.70. The van der Waals surface area contributed by atoms with Gasteiger partial charge in [0.25, 0.3) is 0 Å². The van der Waals surface area contributed by atoms with Crippen molar-refractivity contribution in [2.75, 3.05) is 33.5 Å². The first-order chi connectivity index (χ1) is 67.7. The van der Waals surface area contributed by atoms with E-state index in [1.54, 1.807) is 16.7 Å². The van der Waals surface area contributed by atoms with Crippen molar-refractivity contribution >= 4 is 114 Å². The molecule has 4 fully saturated rings. The summed E-state index contributed by atoms with van der Waals surface area (Å²) in [5, 5.41) is 19.4. The number of sulfone groups is 4. The Kier molecular flexibility index (Phi) is 30.6. The van der Waals surface area contributed by atoms with Crippen LogP contribution in [0.1, 0.15) is 161 Å². The third-order valence-electron chi connectivity index (χ3n) is 29.3. The van der Waals surface area contributed by atoms with Crippen LogP contribution in [-0.4, -0.2) is 107 Å². The second-order valence-corrected chi connectivity index (χ2v) is 49.6. The molecule has 754 valence electrons. The van der Waals surface area contributed by atoms with Gasteiger partial charge in [-0.15, -0.1) is 22.7 Å². The molecular weight excluding hydrogens is 2050 g/mol. The zero-order chi connectivity index (χ0) is 101. The van der Waals surface area contributed by atoms with Gasteiger partial charge >= 0.3 is 5.97 Å². The van der Waals surface area contributed by atoms with Gasteiger partial charge in [0.1, 0.15) is 64.5 Å². The third kappa shape index (κ3) is 19.1. The number of benzene rings is 8. The molecule has 8 aliphatic rings. The molecule has 4 saturated carbocycles. The summed E-state index contributed by atoms with van der Waals surface area (Å²) in [4.78, 5) is 18.4. The molecule has 4 N–H and O–H groups in total. The number of nitrogens with zero attached hydrogens (tertiary/aromatic N) is 2. The molecule has 0 bridgehead atoms. The number of nitrogens with one attached hydrogen (secondary N) is 4. The molecule has 0 saturated heterocycles. The molecular formula is C103H102Cl4F8N6O15S6. The van der Waals surface area contributed by atoms with Crippen LogP contribution in [0.15, 0.2) is 205 Å². The van der Waals surface area contributed by atoms with Crippen LogP contribution in [0.4, 0.5) is 35.1 Å². The maximum Gasteiger partial charge on any atom is 0.348 e. The summed E-state index contributed by atoms with van der Waals surface area (Å²) in [5.41, 5.74) is 3.09. The van der Waals surface area contributed by atoms with Crippen molar-refractivity contribution in [3.8, 4) is 23.0 Å². The molecule has 142 heavy (non-hydrogen) atoms. The first kappa shape index (κ1) is 104. The van der Waals surface area contributed by atoms with Crippen LogP contribution in [0.3, 0.4) is 0 Å². The molecule has 0 radical (unpaired) electrons. The highest BCUT2D eigenvalue weighted by Crippen LogP contribution is 2.62. The Hall–Kier alpha value is -9.44. The van der Waals surface area contributed by atoms with Crippen molar-refractivity contribution in [1.29, 1.82) is 0 Å². The molecule has 12 aromatic rings. The molecule has 0 amide bonds. The van der Waals surface area contributed by atoms with Gasteiger partial charge in [-0.05, 0) is 290 Å². The second kappa shape index (κ2) is 41.8. The van der Waals surface area contributed by atoms with E-state index in [0.717, 1.165) is 89.1 Å². The largest absolute Gasteiger partial charge is 0.490 e. The van der Waals surface area contributed by atoms with E-state index < -0.39 is 135 Å². The van der Waals surface area contributed by atoms with E-state index in [-0.39, 0.29) is 141 Å². The van der Waals surface area contributed by atoms with Gasteiger partial charge in [0.2, 0.25) is 0 Å². The number of rotatable bonds is 22. The number of hydrogen-bond acceptors (Lipinski definition) is 22. The number of esters is 1. The van der Waals surface area contributed by atoms with E-state index in [0.29, 0.717) is 103 Å². The summed E-state index contributed by atoms with van der Waals surface area (Å²) >= 11 is 27.0. The maximum absolute atomic E-state index is 15.4. The summed E-state index contributed by atoms with van der Waals surface area (Å²) in [6, 6.07) is 36.8. The highest BCUT2D eigenvalue weighted by atomic mass is 35.5. The summed E-state index contributed by atoms with van der Waals surface area (Å²) in [7, 11) is -13.3. The molecule has 0 spiro atoms. The van der Waals surface area contributed by atoms with Crippen LogP contribution in [0.25, 0.3) is 0 Å². The van der Waals surface area contributed by atoms with Crippen molar-refractivity contribution < 1.29 is 102 Å². The number of imidazole rings is 1. The quantitative estimate of drug-likeness (QED) is 0.0362. The minimum atomic E-state index is -4.19. The average molecular weight is 2150 g/mol. The lowest BCUT2D eigenvalue weighted by Gasteiger charge is -2.49. The van der Waals surface area contributed by atoms with Crippen LogP contribution < -0.4 is 40.2 Å². The number of aryl methyl sites for hydroxylation is 5. The number of fused-ring (bicyclic) bond motifs is 12. The van der Waals surface area contributed by atoms with Crippen molar-refractivity contribution in [1.82, 2.24) is 30.8 Å². The monoisotopic (exact) mass is 2150 g/mol. The molecule has 4 aromatic heterocycles. The van der Waals surface area contributed by atoms with Crippen molar-refractivity contribution in [2.45, 2.75) is 200 Å². The van der Waals surface area contributed by atoms with Gasteiger partial charge in [-0.2, -0.15) is 0 Å². The normalized spacial score (nSPS) is 23.7. The predicted octanol–water partition coefficient (Wildman–Crippen LogP) is 22.3. The number of carbonyl (C=O) groups is 1. The number of aromatic nitrogens is 2. The highest BCUT2D eigenvalue weighted by Gasteiger charge is 2.65. The average Bonchev–Trinajstić information content (AvgIpc) is 1.52. The number of ether oxygens (including phenoxy) is 5.